The van der Waals surface area contributed by atoms with E-state index in [4.69, 9.17) is 4.74 Å². The lowest BCUT2D eigenvalue weighted by atomic mass is 9.57. The van der Waals surface area contributed by atoms with Crippen LogP contribution in [0.1, 0.15) is 89.5 Å². The van der Waals surface area contributed by atoms with Gasteiger partial charge in [0.05, 0.1) is 13.2 Å². The first kappa shape index (κ1) is 29.7. The monoisotopic (exact) mass is 540 g/mol. The van der Waals surface area contributed by atoms with E-state index in [1.54, 1.807) is 0 Å². The number of rotatable bonds is 10. The highest BCUT2D eigenvalue weighted by Crippen LogP contribution is 2.49. The maximum atomic E-state index is 6.39. The third-order valence-corrected chi connectivity index (χ3v) is 9.44. The molecule has 1 aliphatic carbocycles. The van der Waals surface area contributed by atoms with Crippen LogP contribution in [0, 0.1) is 10.8 Å². The molecule has 0 radical (unpaired) electrons. The summed E-state index contributed by atoms with van der Waals surface area (Å²) in [5.41, 5.74) is 7.36. The molecule has 2 heteroatoms. The molecule has 0 saturated heterocycles. The summed E-state index contributed by atoms with van der Waals surface area (Å²) in [5.74, 6) is 0.964. The fourth-order valence-corrected chi connectivity index (χ4v) is 6.91. The molecule has 0 saturated carbocycles. The molecule has 1 unspecified atom stereocenters. The third kappa shape index (κ3) is 7.89. The van der Waals surface area contributed by atoms with Gasteiger partial charge in [0.25, 0.3) is 0 Å². The van der Waals surface area contributed by atoms with Crippen LogP contribution in [-0.4, -0.2) is 19.0 Å². The predicted molar refractivity (Wildman–Crippen MR) is 171 cm³/mol. The molecule has 1 aliphatic rings. The zero-order valence-electron chi connectivity index (χ0n) is 25.1. The molecular formula is C37H48OS. The number of fused-ring (bicyclic) bond motifs is 1. The Morgan fingerprint density at radius 1 is 0.769 bits per heavy atom. The summed E-state index contributed by atoms with van der Waals surface area (Å²) in [5, 5.41) is 0. The largest absolute Gasteiger partial charge is 0.380 e. The van der Waals surface area contributed by atoms with Gasteiger partial charge >= 0.3 is 0 Å². The summed E-state index contributed by atoms with van der Waals surface area (Å²) in [4.78, 5) is 1.34. The maximum absolute atomic E-state index is 6.39. The minimum absolute atomic E-state index is 0.00745. The highest BCUT2D eigenvalue weighted by molar-refractivity contribution is 7.99. The highest BCUT2D eigenvalue weighted by atomic mass is 32.2. The Kier molecular flexibility index (Phi) is 9.83. The molecular weight excluding hydrogens is 492 g/mol. The summed E-state index contributed by atoms with van der Waals surface area (Å²) in [6, 6.07) is 29.0. The number of hydrogen-bond donors (Lipinski definition) is 0. The molecule has 0 heterocycles. The van der Waals surface area contributed by atoms with Crippen LogP contribution in [0.5, 0.6) is 0 Å². The van der Waals surface area contributed by atoms with Crippen molar-refractivity contribution in [2.24, 2.45) is 10.8 Å². The van der Waals surface area contributed by atoms with Crippen LogP contribution in [0.4, 0.5) is 0 Å². The number of aryl methyl sites for hydroxylation is 1. The molecule has 39 heavy (non-hydrogen) atoms. The van der Waals surface area contributed by atoms with E-state index in [1.165, 1.54) is 52.0 Å². The topological polar surface area (TPSA) is 9.23 Å². The van der Waals surface area contributed by atoms with Crippen LogP contribution in [0.2, 0.25) is 0 Å². The number of ether oxygens (including phenoxy) is 1. The minimum atomic E-state index is 0.00745. The predicted octanol–water partition coefficient (Wildman–Crippen LogP) is 10.5. The second-order valence-corrected chi connectivity index (χ2v) is 14.5. The van der Waals surface area contributed by atoms with Crippen molar-refractivity contribution in [1.29, 1.82) is 0 Å². The first-order valence-corrected chi connectivity index (χ1v) is 15.7. The third-order valence-electron chi connectivity index (χ3n) is 8.48. The van der Waals surface area contributed by atoms with Crippen LogP contribution in [-0.2, 0) is 16.6 Å². The van der Waals surface area contributed by atoms with Gasteiger partial charge in [-0.05, 0) is 82.9 Å². The first-order chi connectivity index (χ1) is 18.6. The zero-order valence-corrected chi connectivity index (χ0v) is 25.9. The van der Waals surface area contributed by atoms with Gasteiger partial charge in [-0.25, -0.2) is 0 Å². The van der Waals surface area contributed by atoms with Crippen molar-refractivity contribution in [1.82, 2.24) is 0 Å². The molecule has 0 bridgehead atoms. The number of hydrogen-bond acceptors (Lipinski definition) is 2. The van der Waals surface area contributed by atoms with Crippen LogP contribution >= 0.6 is 11.8 Å². The van der Waals surface area contributed by atoms with Gasteiger partial charge in [0.1, 0.15) is 0 Å². The van der Waals surface area contributed by atoms with Gasteiger partial charge in [-0.2, -0.15) is 0 Å². The van der Waals surface area contributed by atoms with Gasteiger partial charge in [-0.1, -0.05) is 114 Å². The Morgan fingerprint density at radius 3 is 2.13 bits per heavy atom. The van der Waals surface area contributed by atoms with Crippen LogP contribution < -0.4 is 0 Å². The fourth-order valence-electron chi connectivity index (χ4n) is 6.10. The summed E-state index contributed by atoms with van der Waals surface area (Å²) >= 11 is 1.91. The van der Waals surface area contributed by atoms with E-state index >= 15 is 0 Å². The molecule has 208 valence electrons. The van der Waals surface area contributed by atoms with Gasteiger partial charge < -0.3 is 4.74 Å². The van der Waals surface area contributed by atoms with Crippen molar-refractivity contribution in [2.75, 3.05) is 19.0 Å². The molecule has 0 aliphatic heterocycles. The van der Waals surface area contributed by atoms with E-state index in [9.17, 15) is 0 Å². The smallest absolute Gasteiger partial charge is 0.0560 e. The normalized spacial score (nSPS) is 17.3. The van der Waals surface area contributed by atoms with Gasteiger partial charge in [-0.3, -0.25) is 0 Å². The Hall–Kier alpha value is -2.29. The van der Waals surface area contributed by atoms with Gasteiger partial charge in [0, 0.05) is 16.1 Å². The highest BCUT2D eigenvalue weighted by Gasteiger charge is 2.44. The Labute approximate surface area is 242 Å². The Bertz CT molecular complexity index is 1220. The lowest BCUT2D eigenvalue weighted by molar-refractivity contribution is 0.00865. The molecule has 3 aromatic rings. The van der Waals surface area contributed by atoms with Crippen LogP contribution in [0.15, 0.2) is 83.8 Å². The lowest BCUT2D eigenvalue weighted by Crippen LogP contribution is -2.45. The minimum Gasteiger partial charge on any atom is -0.380 e. The number of allylic oxidation sites excluding steroid dienone is 1. The van der Waals surface area contributed by atoms with Crippen molar-refractivity contribution >= 4 is 23.4 Å². The van der Waals surface area contributed by atoms with E-state index in [2.05, 4.69) is 126 Å². The van der Waals surface area contributed by atoms with E-state index in [0.29, 0.717) is 0 Å². The molecule has 0 spiro atoms. The molecule has 4 rings (SSSR count). The van der Waals surface area contributed by atoms with E-state index in [0.717, 1.165) is 31.8 Å². The fraction of sp³-hybridized carbons (Fsp3) is 0.459. The summed E-state index contributed by atoms with van der Waals surface area (Å²) < 4.78 is 6.39. The van der Waals surface area contributed by atoms with E-state index in [1.807, 2.05) is 11.8 Å². The zero-order chi connectivity index (χ0) is 27.9. The van der Waals surface area contributed by atoms with Gasteiger partial charge in [-0.15, -0.1) is 11.8 Å². The van der Waals surface area contributed by atoms with Crippen molar-refractivity contribution in [2.45, 2.75) is 84.0 Å². The van der Waals surface area contributed by atoms with Crippen molar-refractivity contribution in [3.05, 3.63) is 101 Å². The number of benzene rings is 3. The van der Waals surface area contributed by atoms with Crippen LogP contribution in [0.25, 0.3) is 11.6 Å². The second kappa shape index (κ2) is 12.9. The summed E-state index contributed by atoms with van der Waals surface area (Å²) in [6.07, 6.45) is 8.39. The summed E-state index contributed by atoms with van der Waals surface area (Å²) in [6.45, 7) is 15.8. The quantitative estimate of drug-likeness (QED) is 0.187. The lowest BCUT2D eigenvalue weighted by Gasteiger charge is -2.48. The standard InChI is InChI=1S/C37H48OS/c1-35(2,3)27-37(6,33-19-11-8-12-20-33)36(4,5)28-38-23-24-39-34-22-21-30-17-13-14-18-31(25-32(30)26-34)29-15-9-7-10-16-29/h7-12,15-16,19-22,25-26H,13-14,17-18,23-24,27-28H2,1-6H3/b31-25+. The molecule has 0 aromatic heterocycles. The molecule has 1 atom stereocenters. The van der Waals surface area contributed by atoms with Crippen molar-refractivity contribution in [3.63, 3.8) is 0 Å². The Balaban J connectivity index is 1.39. The molecule has 0 N–H and O–H groups in total. The van der Waals surface area contributed by atoms with Crippen molar-refractivity contribution < 1.29 is 4.74 Å². The molecule has 0 fully saturated rings. The average Bonchev–Trinajstić information content (AvgIpc) is 2.89. The van der Waals surface area contributed by atoms with E-state index < -0.39 is 0 Å². The number of thioether (sulfide) groups is 1. The van der Waals surface area contributed by atoms with Gasteiger partial charge in [0.15, 0.2) is 0 Å². The Morgan fingerprint density at radius 2 is 1.44 bits per heavy atom. The van der Waals surface area contributed by atoms with Gasteiger partial charge in [0.2, 0.25) is 0 Å². The average molecular weight is 541 g/mol. The van der Waals surface area contributed by atoms with Crippen molar-refractivity contribution in [3.8, 4) is 0 Å². The maximum Gasteiger partial charge on any atom is 0.0560 e. The molecule has 3 aromatic carbocycles. The second-order valence-electron chi connectivity index (χ2n) is 13.3. The van der Waals surface area contributed by atoms with Crippen LogP contribution in [0.3, 0.4) is 0 Å². The summed E-state index contributed by atoms with van der Waals surface area (Å²) in [7, 11) is 0. The van der Waals surface area contributed by atoms with E-state index in [-0.39, 0.29) is 16.2 Å². The molecule has 0 amide bonds. The first-order valence-electron chi connectivity index (χ1n) is 14.7. The SMILES string of the molecule is CC(C)(C)CC(C)(c1ccccc1)C(C)(C)COCCSc1ccc2c(c1)/C=C(/c1ccccc1)CCCC2. The molecule has 1 nitrogen and oxygen atoms in total.